The highest BCUT2D eigenvalue weighted by molar-refractivity contribution is 7.20. The summed E-state index contributed by atoms with van der Waals surface area (Å²) in [4.78, 5) is 19.3. The van der Waals surface area contributed by atoms with Crippen molar-refractivity contribution in [2.24, 2.45) is 0 Å². The molecule has 0 N–H and O–H groups in total. The van der Waals surface area contributed by atoms with Crippen molar-refractivity contribution in [1.29, 1.82) is 0 Å². The van der Waals surface area contributed by atoms with Gasteiger partial charge < -0.3 is 14.2 Å². The summed E-state index contributed by atoms with van der Waals surface area (Å²) in [6.45, 7) is 1.35. The second kappa shape index (κ2) is 8.13. The molecule has 4 aromatic rings. The summed E-state index contributed by atoms with van der Waals surface area (Å²) >= 11 is 7.72. The van der Waals surface area contributed by atoms with E-state index in [1.807, 2.05) is 76.5 Å². The lowest BCUT2D eigenvalue weighted by Crippen LogP contribution is -2.41. The van der Waals surface area contributed by atoms with E-state index in [2.05, 4.69) is 4.98 Å². The van der Waals surface area contributed by atoms with Gasteiger partial charge >= 0.3 is 0 Å². The third kappa shape index (κ3) is 3.80. The van der Waals surface area contributed by atoms with Crippen LogP contribution in [0.25, 0.3) is 15.9 Å². The number of halogens is 1. The van der Waals surface area contributed by atoms with E-state index in [-0.39, 0.29) is 12.0 Å². The maximum Gasteiger partial charge on any atom is 0.274 e. The smallest absolute Gasteiger partial charge is 0.274 e. The highest BCUT2D eigenvalue weighted by Crippen LogP contribution is 2.33. The lowest BCUT2D eigenvalue weighted by atomic mass is 10.1. The molecule has 0 spiro atoms. The molecule has 0 unspecified atom stereocenters. The predicted octanol–water partition coefficient (Wildman–Crippen LogP) is 5.42. The van der Waals surface area contributed by atoms with Gasteiger partial charge in [-0.3, -0.25) is 4.79 Å². The monoisotopic (exact) mass is 437 g/mol. The van der Waals surface area contributed by atoms with Crippen LogP contribution < -0.4 is 4.74 Å². The van der Waals surface area contributed by atoms with Gasteiger partial charge in [-0.1, -0.05) is 29.0 Å². The van der Waals surface area contributed by atoms with Crippen molar-refractivity contribution in [1.82, 2.24) is 14.5 Å². The number of carbonyl (C=O) groups is 1. The molecule has 1 saturated heterocycles. The Labute approximate surface area is 183 Å². The summed E-state index contributed by atoms with van der Waals surface area (Å²) in [6.07, 6.45) is 5.61. The van der Waals surface area contributed by atoms with Crippen LogP contribution in [-0.4, -0.2) is 39.6 Å². The van der Waals surface area contributed by atoms with Crippen LogP contribution in [0.4, 0.5) is 0 Å². The first-order valence-corrected chi connectivity index (χ1v) is 11.1. The van der Waals surface area contributed by atoms with E-state index in [9.17, 15) is 4.79 Å². The van der Waals surface area contributed by atoms with E-state index in [0.29, 0.717) is 28.9 Å². The van der Waals surface area contributed by atoms with Crippen LogP contribution in [0.5, 0.6) is 5.19 Å². The number of benzene rings is 2. The lowest BCUT2D eigenvalue weighted by Gasteiger charge is -2.31. The number of fused-ring (bicyclic) bond motifs is 1. The summed E-state index contributed by atoms with van der Waals surface area (Å²) in [5.41, 5.74) is 2.54. The summed E-state index contributed by atoms with van der Waals surface area (Å²) in [5.74, 6) is 0.0688. The van der Waals surface area contributed by atoms with Crippen molar-refractivity contribution in [2.45, 2.75) is 18.9 Å². The first kappa shape index (κ1) is 19.2. The number of ether oxygens (including phenoxy) is 1. The number of likely N-dealkylation sites (tertiary alicyclic amines) is 1. The Morgan fingerprint density at radius 1 is 1.03 bits per heavy atom. The van der Waals surface area contributed by atoms with Crippen LogP contribution in [0.2, 0.25) is 5.02 Å². The minimum Gasteiger partial charge on any atom is -0.467 e. The zero-order valence-corrected chi connectivity index (χ0v) is 17.8. The largest absolute Gasteiger partial charge is 0.467 e. The number of rotatable bonds is 4. The molecule has 1 aliphatic rings. The third-order valence-electron chi connectivity index (χ3n) is 5.36. The third-order valence-corrected chi connectivity index (χ3v) is 6.58. The Kier molecular flexibility index (Phi) is 5.19. The second-order valence-corrected chi connectivity index (χ2v) is 8.71. The van der Waals surface area contributed by atoms with E-state index in [1.54, 1.807) is 0 Å². The Morgan fingerprint density at radius 2 is 1.77 bits per heavy atom. The van der Waals surface area contributed by atoms with Gasteiger partial charge in [0, 0.05) is 49.6 Å². The van der Waals surface area contributed by atoms with Crippen LogP contribution in [0.15, 0.2) is 67.0 Å². The second-order valence-electron chi connectivity index (χ2n) is 7.31. The van der Waals surface area contributed by atoms with Gasteiger partial charge in [0.15, 0.2) is 0 Å². The van der Waals surface area contributed by atoms with Crippen LogP contribution in [0, 0.1) is 0 Å². The number of nitrogens with zero attached hydrogens (tertiary/aromatic N) is 3. The Morgan fingerprint density at radius 3 is 2.47 bits per heavy atom. The normalized spacial score (nSPS) is 14.9. The van der Waals surface area contributed by atoms with Crippen molar-refractivity contribution in [3.05, 3.63) is 77.6 Å². The van der Waals surface area contributed by atoms with Crippen molar-refractivity contribution in [2.75, 3.05) is 13.1 Å². The first-order chi connectivity index (χ1) is 14.7. The first-order valence-electron chi connectivity index (χ1n) is 9.92. The predicted molar refractivity (Wildman–Crippen MR) is 120 cm³/mol. The fourth-order valence-electron chi connectivity index (χ4n) is 3.73. The molecule has 1 fully saturated rings. The molecule has 30 heavy (non-hydrogen) atoms. The lowest BCUT2D eigenvalue weighted by molar-refractivity contribution is 0.0595. The Hall–Kier alpha value is -2.83. The minimum absolute atomic E-state index is 0.0597. The zero-order chi connectivity index (χ0) is 20.5. The van der Waals surface area contributed by atoms with Crippen LogP contribution in [0.3, 0.4) is 0 Å². The van der Waals surface area contributed by atoms with E-state index in [4.69, 9.17) is 16.3 Å². The van der Waals surface area contributed by atoms with E-state index >= 15 is 0 Å². The Balaban J connectivity index is 1.20. The molecule has 0 radical (unpaired) electrons. The molecular formula is C23H20ClN3O2S. The Bertz CT molecular complexity index is 1160. The van der Waals surface area contributed by atoms with Crippen molar-refractivity contribution >= 4 is 39.1 Å². The molecule has 3 heterocycles. The SMILES string of the molecule is O=C(c1ccc(-n2cccc2)cc1)N1CCC(Oc2nc3c(Cl)cccc3s2)CC1. The number of aromatic nitrogens is 2. The number of hydrogen-bond acceptors (Lipinski definition) is 4. The molecule has 5 nitrogen and oxygen atoms in total. The standard InChI is InChI=1S/C23H20ClN3O2S/c24-19-4-3-5-20-21(19)25-23(30-20)29-18-10-14-27(15-11-18)22(28)16-6-8-17(9-7-16)26-12-1-2-13-26/h1-9,12-13,18H,10-11,14-15H2. The summed E-state index contributed by atoms with van der Waals surface area (Å²) < 4.78 is 9.14. The maximum atomic E-state index is 12.9. The van der Waals surface area contributed by atoms with Crippen molar-refractivity contribution < 1.29 is 9.53 Å². The van der Waals surface area contributed by atoms with Gasteiger partial charge in [0.05, 0.1) is 9.72 Å². The molecule has 152 valence electrons. The number of piperidine rings is 1. The van der Waals surface area contributed by atoms with Gasteiger partial charge in [-0.15, -0.1) is 0 Å². The number of carbonyl (C=O) groups excluding carboxylic acids is 1. The van der Waals surface area contributed by atoms with Crippen LogP contribution in [-0.2, 0) is 0 Å². The van der Waals surface area contributed by atoms with Gasteiger partial charge in [-0.05, 0) is 48.5 Å². The van der Waals surface area contributed by atoms with E-state index in [0.717, 1.165) is 28.7 Å². The molecule has 1 amide bonds. The maximum absolute atomic E-state index is 12.9. The van der Waals surface area contributed by atoms with Gasteiger partial charge in [-0.25, -0.2) is 4.98 Å². The highest BCUT2D eigenvalue weighted by atomic mass is 35.5. The molecule has 0 aliphatic carbocycles. The molecule has 2 aromatic carbocycles. The molecule has 0 saturated carbocycles. The average molecular weight is 438 g/mol. The van der Waals surface area contributed by atoms with Gasteiger partial charge in [0.2, 0.25) is 0 Å². The molecule has 2 aromatic heterocycles. The summed E-state index contributed by atoms with van der Waals surface area (Å²) in [7, 11) is 0. The van der Waals surface area contributed by atoms with Gasteiger partial charge in [0.25, 0.3) is 11.1 Å². The summed E-state index contributed by atoms with van der Waals surface area (Å²) in [6, 6.07) is 17.4. The number of hydrogen-bond donors (Lipinski definition) is 0. The van der Waals surface area contributed by atoms with Crippen LogP contribution in [0.1, 0.15) is 23.2 Å². The van der Waals surface area contributed by atoms with E-state index in [1.165, 1.54) is 11.3 Å². The minimum atomic E-state index is 0.0597. The molecule has 1 aliphatic heterocycles. The molecule has 0 atom stereocenters. The highest BCUT2D eigenvalue weighted by Gasteiger charge is 2.25. The molecule has 7 heteroatoms. The van der Waals surface area contributed by atoms with Crippen LogP contribution >= 0.6 is 22.9 Å². The van der Waals surface area contributed by atoms with Crippen molar-refractivity contribution in [3.63, 3.8) is 0 Å². The number of para-hydroxylation sites is 1. The number of amides is 1. The van der Waals surface area contributed by atoms with Crippen molar-refractivity contribution in [3.8, 4) is 10.9 Å². The van der Waals surface area contributed by atoms with E-state index < -0.39 is 0 Å². The summed E-state index contributed by atoms with van der Waals surface area (Å²) in [5, 5.41) is 1.28. The molecule has 5 rings (SSSR count). The topological polar surface area (TPSA) is 47.4 Å². The number of thiazole rings is 1. The average Bonchev–Trinajstić information content (AvgIpc) is 3.45. The fraction of sp³-hybridized carbons (Fsp3) is 0.217. The zero-order valence-electron chi connectivity index (χ0n) is 16.2. The quantitative estimate of drug-likeness (QED) is 0.428. The molecule has 0 bridgehead atoms. The van der Waals surface area contributed by atoms with Gasteiger partial charge in [-0.2, -0.15) is 0 Å². The fourth-order valence-corrected chi connectivity index (χ4v) is 4.91. The van der Waals surface area contributed by atoms with Gasteiger partial charge in [0.1, 0.15) is 11.6 Å². The molecular weight excluding hydrogens is 418 g/mol.